The third-order valence-electron chi connectivity index (χ3n) is 3.19. The number of nitrogens with one attached hydrogen (secondary N) is 1. The third-order valence-corrected chi connectivity index (χ3v) is 3.56. The molecule has 3 N–H and O–H groups in total. The minimum atomic E-state index is -4.52. The van der Waals surface area contributed by atoms with E-state index in [1.165, 1.54) is 0 Å². The van der Waals surface area contributed by atoms with Crippen LogP contribution in [0.3, 0.4) is 0 Å². The van der Waals surface area contributed by atoms with E-state index in [1.807, 2.05) is 24.4 Å². The summed E-state index contributed by atoms with van der Waals surface area (Å²) < 4.78 is 53.2. The van der Waals surface area contributed by atoms with Gasteiger partial charge in [0.1, 0.15) is 11.6 Å². The van der Waals surface area contributed by atoms with Crippen LogP contribution in [0.2, 0.25) is 0 Å². The van der Waals surface area contributed by atoms with Crippen LogP contribution in [0.5, 0.6) is 5.75 Å². The number of methoxy groups -OCH3 is 1. The van der Waals surface area contributed by atoms with Gasteiger partial charge in [0.15, 0.2) is 0 Å². The van der Waals surface area contributed by atoms with Crippen molar-refractivity contribution in [1.29, 1.82) is 0 Å². The topological polar surface area (TPSA) is 51.0 Å². The fourth-order valence-electron chi connectivity index (χ4n) is 1.92. The molecule has 0 fully saturated rings. The van der Waals surface area contributed by atoms with E-state index in [9.17, 15) is 17.6 Å². The first-order chi connectivity index (χ1) is 11.2. The van der Waals surface area contributed by atoms with E-state index in [0.717, 1.165) is 33.7 Å². The zero-order chi connectivity index (χ0) is 17.9. The lowest BCUT2D eigenvalue weighted by molar-refractivity contribution is -0.137. The number of thiol groups is 1. The molecule has 0 amide bonds. The van der Waals surface area contributed by atoms with Crippen LogP contribution >= 0.6 is 12.6 Å². The molecule has 1 aromatic heterocycles. The van der Waals surface area contributed by atoms with Gasteiger partial charge >= 0.3 is 6.18 Å². The smallest absolute Gasteiger partial charge is 0.416 e. The number of halogens is 4. The van der Waals surface area contributed by atoms with E-state index in [0.29, 0.717) is 6.07 Å². The minimum Gasteiger partial charge on any atom is -0.497 e. The molecule has 0 bridgehead atoms. The molecule has 0 aliphatic heterocycles. The summed E-state index contributed by atoms with van der Waals surface area (Å²) in [7, 11) is 1.66. The monoisotopic (exact) mass is 358 g/mol. The van der Waals surface area contributed by atoms with Crippen LogP contribution < -0.4 is 10.5 Å². The number of benzene rings is 2. The number of H-pyrrole nitrogens is 1. The summed E-state index contributed by atoms with van der Waals surface area (Å²) >= 11 is 4.29. The number of anilines is 1. The van der Waals surface area contributed by atoms with Crippen LogP contribution in [0.15, 0.2) is 47.5 Å². The molecule has 0 unspecified atom stereocenters. The maximum Gasteiger partial charge on any atom is 0.416 e. The van der Waals surface area contributed by atoms with E-state index < -0.39 is 17.6 Å². The molecule has 0 spiro atoms. The lowest BCUT2D eigenvalue weighted by Gasteiger charge is -2.06. The summed E-state index contributed by atoms with van der Waals surface area (Å²) in [5.41, 5.74) is 4.72. The Bertz CT molecular complexity index is 846. The first kappa shape index (κ1) is 18.0. The Morgan fingerprint density at radius 1 is 1.12 bits per heavy atom. The average Bonchev–Trinajstić information content (AvgIpc) is 2.90. The first-order valence-electron chi connectivity index (χ1n) is 6.68. The van der Waals surface area contributed by atoms with Gasteiger partial charge in [-0.2, -0.15) is 13.2 Å². The van der Waals surface area contributed by atoms with Gasteiger partial charge in [0.2, 0.25) is 0 Å². The molecular weight excluding hydrogens is 344 g/mol. The Morgan fingerprint density at radius 2 is 1.83 bits per heavy atom. The van der Waals surface area contributed by atoms with Crippen LogP contribution in [-0.4, -0.2) is 12.1 Å². The Labute approximate surface area is 140 Å². The molecule has 8 heteroatoms. The Kier molecular flexibility index (Phi) is 5.28. The van der Waals surface area contributed by atoms with Crippen molar-refractivity contribution in [3.8, 4) is 5.75 Å². The van der Waals surface area contributed by atoms with Gasteiger partial charge in [-0.15, -0.1) is 12.6 Å². The zero-order valence-electron chi connectivity index (χ0n) is 12.5. The highest BCUT2D eigenvalue weighted by Crippen LogP contribution is 2.30. The molecule has 0 radical (unpaired) electrons. The molecule has 24 heavy (non-hydrogen) atoms. The lowest BCUT2D eigenvalue weighted by Crippen LogP contribution is -2.05. The highest BCUT2D eigenvalue weighted by Gasteiger charge is 2.30. The Hall–Kier alpha value is -2.35. The van der Waals surface area contributed by atoms with Gasteiger partial charge in [0, 0.05) is 22.5 Å². The summed E-state index contributed by atoms with van der Waals surface area (Å²) in [4.78, 5) is 4.07. The molecule has 0 saturated heterocycles. The van der Waals surface area contributed by atoms with Crippen molar-refractivity contribution in [2.75, 3.05) is 12.8 Å². The molecule has 128 valence electrons. The van der Waals surface area contributed by atoms with Gasteiger partial charge in [0.25, 0.3) is 0 Å². The standard InChI is InChI=1S/C9H9NOS.C7H5F4N/c1-11-6-2-3-7-8(4-6)10-5-9(7)12;8-5-3-4(7(9,10)11)1-2-6(5)12/h2-5,10,12H,1H3;1-3H,12H2. The van der Waals surface area contributed by atoms with E-state index in [-0.39, 0.29) is 5.69 Å². The zero-order valence-corrected chi connectivity index (χ0v) is 13.4. The van der Waals surface area contributed by atoms with Crippen molar-refractivity contribution in [3.63, 3.8) is 0 Å². The van der Waals surface area contributed by atoms with Crippen molar-refractivity contribution in [2.24, 2.45) is 0 Å². The summed E-state index contributed by atoms with van der Waals surface area (Å²) in [6, 6.07) is 7.86. The molecule has 1 heterocycles. The number of ether oxygens (including phenoxy) is 1. The molecule has 0 atom stereocenters. The van der Waals surface area contributed by atoms with E-state index in [1.54, 1.807) is 7.11 Å². The van der Waals surface area contributed by atoms with Gasteiger partial charge < -0.3 is 15.5 Å². The molecule has 3 aromatic rings. The fourth-order valence-corrected chi connectivity index (χ4v) is 2.18. The van der Waals surface area contributed by atoms with Crippen molar-refractivity contribution >= 4 is 29.2 Å². The molecule has 3 rings (SSSR count). The number of nitrogens with two attached hydrogens (primary N) is 1. The summed E-state index contributed by atoms with van der Waals surface area (Å²) in [6.07, 6.45) is -2.65. The maximum absolute atomic E-state index is 12.5. The second-order valence-electron chi connectivity index (χ2n) is 4.82. The Morgan fingerprint density at radius 3 is 2.42 bits per heavy atom. The molecule has 0 saturated carbocycles. The second-order valence-corrected chi connectivity index (χ2v) is 5.30. The molecule has 0 aliphatic rings. The lowest BCUT2D eigenvalue weighted by atomic mass is 10.2. The summed E-state index contributed by atoms with van der Waals surface area (Å²) in [5, 5.41) is 1.12. The van der Waals surface area contributed by atoms with Gasteiger partial charge in [-0.25, -0.2) is 4.39 Å². The predicted octanol–water partition coefficient (Wildman–Crippen LogP) is 4.89. The number of hydrogen-bond donors (Lipinski definition) is 3. The number of aromatic amines is 1. The number of hydrogen-bond acceptors (Lipinski definition) is 3. The van der Waals surface area contributed by atoms with E-state index in [4.69, 9.17) is 10.5 Å². The maximum atomic E-state index is 12.5. The second kappa shape index (κ2) is 7.04. The normalized spacial score (nSPS) is 11.1. The third kappa shape index (κ3) is 4.14. The largest absolute Gasteiger partial charge is 0.497 e. The highest BCUT2D eigenvalue weighted by molar-refractivity contribution is 7.80. The molecule has 2 aromatic carbocycles. The molecular formula is C16H14F4N2OS. The van der Waals surface area contributed by atoms with Crippen LogP contribution in [0.25, 0.3) is 10.9 Å². The number of alkyl halides is 3. The van der Waals surface area contributed by atoms with Crippen molar-refractivity contribution in [2.45, 2.75) is 11.1 Å². The van der Waals surface area contributed by atoms with Crippen LogP contribution in [0, 0.1) is 5.82 Å². The minimum absolute atomic E-state index is 0.289. The quantitative estimate of drug-likeness (QED) is 0.329. The van der Waals surface area contributed by atoms with Gasteiger partial charge in [-0.3, -0.25) is 0 Å². The number of rotatable bonds is 1. The van der Waals surface area contributed by atoms with Gasteiger partial charge in [-0.1, -0.05) is 0 Å². The highest BCUT2D eigenvalue weighted by atomic mass is 32.1. The molecule has 0 aliphatic carbocycles. The SMILES string of the molecule is COc1ccc2c(S)c[nH]c2c1.Nc1ccc(C(F)(F)F)cc1F. The summed E-state index contributed by atoms with van der Waals surface area (Å²) in [5.74, 6) is -0.192. The van der Waals surface area contributed by atoms with Crippen molar-refractivity contribution in [1.82, 2.24) is 4.98 Å². The van der Waals surface area contributed by atoms with Gasteiger partial charge in [0.05, 0.1) is 23.9 Å². The number of fused-ring (bicyclic) bond motifs is 1. The summed E-state index contributed by atoms with van der Waals surface area (Å²) in [6.45, 7) is 0. The van der Waals surface area contributed by atoms with Crippen molar-refractivity contribution < 1.29 is 22.3 Å². The Balaban J connectivity index is 0.000000174. The van der Waals surface area contributed by atoms with Crippen LogP contribution in [0.1, 0.15) is 5.56 Å². The van der Waals surface area contributed by atoms with E-state index >= 15 is 0 Å². The predicted molar refractivity (Wildman–Crippen MR) is 87.9 cm³/mol. The van der Waals surface area contributed by atoms with Crippen molar-refractivity contribution in [3.05, 3.63) is 54.0 Å². The molecule has 3 nitrogen and oxygen atoms in total. The number of nitrogen functional groups attached to an aromatic ring is 1. The van der Waals surface area contributed by atoms with E-state index in [2.05, 4.69) is 17.6 Å². The van der Waals surface area contributed by atoms with Crippen LogP contribution in [-0.2, 0) is 6.18 Å². The average molecular weight is 358 g/mol. The number of aromatic nitrogens is 1. The first-order valence-corrected chi connectivity index (χ1v) is 7.13. The van der Waals surface area contributed by atoms with Crippen LogP contribution in [0.4, 0.5) is 23.2 Å². The van der Waals surface area contributed by atoms with Gasteiger partial charge in [-0.05, 0) is 30.3 Å². The fraction of sp³-hybridized carbons (Fsp3) is 0.125.